The number of rotatable bonds is 4. The van der Waals surface area contributed by atoms with Crippen LogP contribution in [0.25, 0.3) is 0 Å². The summed E-state index contributed by atoms with van der Waals surface area (Å²) < 4.78 is 19.9. The Labute approximate surface area is 168 Å². The number of halogens is 2. The van der Waals surface area contributed by atoms with Crippen LogP contribution in [-0.4, -0.2) is 36.3 Å². The number of benzene rings is 2. The van der Waals surface area contributed by atoms with Gasteiger partial charge in [0.2, 0.25) is 5.91 Å². The molecule has 2 aromatic carbocycles. The van der Waals surface area contributed by atoms with Gasteiger partial charge in [0.25, 0.3) is 0 Å². The lowest BCUT2D eigenvalue weighted by atomic mass is 9.92. The predicted octanol–water partition coefficient (Wildman–Crippen LogP) is 3.77. The van der Waals surface area contributed by atoms with Crippen LogP contribution in [0, 0.1) is 5.82 Å². The van der Waals surface area contributed by atoms with Gasteiger partial charge in [0, 0.05) is 35.8 Å². The zero-order valence-corrected chi connectivity index (χ0v) is 16.1. The third kappa shape index (κ3) is 3.93. The van der Waals surface area contributed by atoms with Crippen LogP contribution in [0.2, 0.25) is 5.02 Å². The van der Waals surface area contributed by atoms with Crippen molar-refractivity contribution in [1.29, 1.82) is 0 Å². The monoisotopic (exact) mass is 404 g/mol. The molecule has 2 aromatic rings. The van der Waals surface area contributed by atoms with Gasteiger partial charge in [-0.25, -0.2) is 4.39 Å². The molecule has 0 saturated carbocycles. The van der Waals surface area contributed by atoms with Crippen LogP contribution < -0.4 is 15.0 Å². The summed E-state index contributed by atoms with van der Waals surface area (Å²) in [5.41, 5.74) is 0.984. The SMILES string of the molecule is O=C1CCc2c(OCC3(O)CCN(c4ccc(Cl)cc4)CC3)ccc(F)c2N1. The molecule has 0 spiro atoms. The highest BCUT2D eigenvalue weighted by Crippen LogP contribution is 2.35. The van der Waals surface area contributed by atoms with E-state index >= 15 is 0 Å². The van der Waals surface area contributed by atoms with Crippen LogP contribution in [0.15, 0.2) is 36.4 Å². The molecule has 0 aromatic heterocycles. The Hall–Kier alpha value is -2.31. The molecular weight excluding hydrogens is 383 g/mol. The van der Waals surface area contributed by atoms with Crippen LogP contribution in [0.3, 0.4) is 0 Å². The maximum atomic E-state index is 14.0. The molecule has 0 radical (unpaired) electrons. The molecule has 2 aliphatic heterocycles. The number of fused-ring (bicyclic) bond motifs is 1. The fourth-order valence-corrected chi connectivity index (χ4v) is 3.87. The average molecular weight is 405 g/mol. The summed E-state index contributed by atoms with van der Waals surface area (Å²) in [5.74, 6) is -0.146. The number of ether oxygens (including phenoxy) is 1. The highest BCUT2D eigenvalue weighted by atomic mass is 35.5. The number of piperidine rings is 1. The summed E-state index contributed by atoms with van der Waals surface area (Å²) in [6.07, 6.45) is 1.86. The molecule has 148 valence electrons. The normalized spacial score (nSPS) is 18.4. The second kappa shape index (κ2) is 7.60. The largest absolute Gasteiger partial charge is 0.490 e. The van der Waals surface area contributed by atoms with E-state index in [9.17, 15) is 14.3 Å². The van der Waals surface area contributed by atoms with Gasteiger partial charge in [-0.2, -0.15) is 0 Å². The van der Waals surface area contributed by atoms with E-state index in [0.29, 0.717) is 55.1 Å². The number of nitrogens with zero attached hydrogens (tertiary/aromatic N) is 1. The predicted molar refractivity (Wildman–Crippen MR) is 107 cm³/mol. The van der Waals surface area contributed by atoms with Gasteiger partial charge >= 0.3 is 0 Å². The van der Waals surface area contributed by atoms with Crippen LogP contribution in [0.4, 0.5) is 15.8 Å². The summed E-state index contributed by atoms with van der Waals surface area (Å²) in [7, 11) is 0. The van der Waals surface area contributed by atoms with Gasteiger partial charge in [0.1, 0.15) is 23.8 Å². The summed E-state index contributed by atoms with van der Waals surface area (Å²) in [5, 5.41) is 14.2. The quantitative estimate of drug-likeness (QED) is 0.814. The van der Waals surface area contributed by atoms with Crippen LogP contribution in [0.5, 0.6) is 5.75 Å². The van der Waals surface area contributed by atoms with Gasteiger partial charge in [0.05, 0.1) is 5.69 Å². The standard InChI is InChI=1S/C21H22ClFN2O3/c22-14-1-3-15(4-2-14)25-11-9-21(27,10-12-25)13-28-18-7-6-17(23)20-16(18)5-8-19(26)24-20/h1-4,6-7,27H,5,8-13H2,(H,24,26). The van der Waals surface area contributed by atoms with Crippen molar-refractivity contribution in [3.63, 3.8) is 0 Å². The zero-order chi connectivity index (χ0) is 19.7. The number of carbonyl (C=O) groups excluding carboxylic acids is 1. The molecule has 28 heavy (non-hydrogen) atoms. The number of hydrogen-bond acceptors (Lipinski definition) is 4. The van der Waals surface area contributed by atoms with Crippen molar-refractivity contribution < 1.29 is 19.0 Å². The van der Waals surface area contributed by atoms with E-state index in [-0.39, 0.29) is 18.2 Å². The van der Waals surface area contributed by atoms with Gasteiger partial charge in [-0.05, 0) is 55.7 Å². The number of anilines is 2. The first-order valence-corrected chi connectivity index (χ1v) is 9.78. The van der Waals surface area contributed by atoms with E-state index in [1.807, 2.05) is 24.3 Å². The van der Waals surface area contributed by atoms with E-state index < -0.39 is 11.4 Å². The Morgan fingerprint density at radius 1 is 1.14 bits per heavy atom. The Morgan fingerprint density at radius 2 is 1.86 bits per heavy atom. The minimum Gasteiger partial charge on any atom is -0.490 e. The van der Waals surface area contributed by atoms with Crippen molar-refractivity contribution in [3.05, 3.63) is 52.8 Å². The molecule has 1 fully saturated rings. The van der Waals surface area contributed by atoms with E-state index in [1.165, 1.54) is 6.07 Å². The van der Waals surface area contributed by atoms with Gasteiger partial charge in [-0.3, -0.25) is 4.79 Å². The average Bonchev–Trinajstić information content (AvgIpc) is 2.69. The molecule has 7 heteroatoms. The van der Waals surface area contributed by atoms with Crippen molar-refractivity contribution in [1.82, 2.24) is 0 Å². The molecule has 1 amide bonds. The Kier molecular flexibility index (Phi) is 5.17. The van der Waals surface area contributed by atoms with Gasteiger partial charge in [-0.1, -0.05) is 11.6 Å². The van der Waals surface area contributed by atoms with Crippen LogP contribution >= 0.6 is 11.6 Å². The van der Waals surface area contributed by atoms with Crippen LogP contribution in [0.1, 0.15) is 24.8 Å². The molecule has 0 bridgehead atoms. The molecule has 2 N–H and O–H groups in total. The van der Waals surface area contributed by atoms with Crippen molar-refractivity contribution in [2.24, 2.45) is 0 Å². The maximum Gasteiger partial charge on any atom is 0.224 e. The van der Waals surface area contributed by atoms with Crippen LogP contribution in [-0.2, 0) is 11.2 Å². The maximum absolute atomic E-state index is 14.0. The molecule has 4 rings (SSSR count). The van der Waals surface area contributed by atoms with E-state index in [4.69, 9.17) is 16.3 Å². The Balaban J connectivity index is 1.40. The number of aliphatic hydroxyl groups is 1. The third-order valence-corrected chi connectivity index (χ3v) is 5.72. The lowest BCUT2D eigenvalue weighted by Gasteiger charge is -2.39. The topological polar surface area (TPSA) is 61.8 Å². The van der Waals surface area contributed by atoms with Crippen molar-refractivity contribution in [3.8, 4) is 5.75 Å². The number of amides is 1. The zero-order valence-electron chi connectivity index (χ0n) is 15.4. The Morgan fingerprint density at radius 3 is 2.57 bits per heavy atom. The number of carbonyl (C=O) groups is 1. The van der Waals surface area contributed by atoms with Crippen molar-refractivity contribution >= 4 is 28.9 Å². The van der Waals surface area contributed by atoms with E-state index in [0.717, 1.165) is 5.69 Å². The highest BCUT2D eigenvalue weighted by Gasteiger charge is 2.34. The van der Waals surface area contributed by atoms with Gasteiger partial charge < -0.3 is 20.1 Å². The fraction of sp³-hybridized carbons (Fsp3) is 0.381. The lowest BCUT2D eigenvalue weighted by Crippen LogP contribution is -2.48. The smallest absolute Gasteiger partial charge is 0.224 e. The van der Waals surface area contributed by atoms with Crippen molar-refractivity contribution in [2.45, 2.75) is 31.3 Å². The second-order valence-corrected chi connectivity index (χ2v) is 7.86. The van der Waals surface area contributed by atoms with E-state index in [2.05, 4.69) is 10.2 Å². The molecule has 0 unspecified atom stereocenters. The molecule has 0 atom stereocenters. The first-order valence-electron chi connectivity index (χ1n) is 9.40. The summed E-state index contributed by atoms with van der Waals surface area (Å²) >= 11 is 5.94. The lowest BCUT2D eigenvalue weighted by molar-refractivity contribution is -0.116. The minimum absolute atomic E-state index is 0.132. The first kappa shape index (κ1) is 19.0. The molecule has 0 aliphatic carbocycles. The highest BCUT2D eigenvalue weighted by molar-refractivity contribution is 6.30. The summed E-state index contributed by atoms with van der Waals surface area (Å²) in [4.78, 5) is 13.7. The minimum atomic E-state index is -0.942. The molecule has 2 heterocycles. The fourth-order valence-electron chi connectivity index (χ4n) is 3.75. The third-order valence-electron chi connectivity index (χ3n) is 5.47. The number of hydrogen-bond donors (Lipinski definition) is 2. The molecule has 5 nitrogen and oxygen atoms in total. The second-order valence-electron chi connectivity index (χ2n) is 7.42. The molecule has 1 saturated heterocycles. The molecule has 2 aliphatic rings. The summed E-state index contributed by atoms with van der Waals surface area (Å²) in [6.45, 7) is 1.55. The van der Waals surface area contributed by atoms with Crippen molar-refractivity contribution in [2.75, 3.05) is 29.9 Å². The molecular formula is C21H22ClFN2O3. The van der Waals surface area contributed by atoms with E-state index in [1.54, 1.807) is 6.07 Å². The van der Waals surface area contributed by atoms with Gasteiger partial charge in [-0.15, -0.1) is 0 Å². The van der Waals surface area contributed by atoms with Gasteiger partial charge in [0.15, 0.2) is 0 Å². The Bertz CT molecular complexity index is 880. The first-order chi connectivity index (χ1) is 13.4. The summed E-state index contributed by atoms with van der Waals surface area (Å²) in [6, 6.07) is 10.5. The number of nitrogens with one attached hydrogen (secondary N) is 1.